The number of carbonyl (C=O) groups is 2. The molecule has 104 valence electrons. The topological polar surface area (TPSA) is 71.1 Å². The second kappa shape index (κ2) is 6.81. The van der Waals surface area contributed by atoms with Gasteiger partial charge in [-0.1, -0.05) is 12.1 Å². The molecule has 0 aliphatic heterocycles. The van der Waals surface area contributed by atoms with E-state index in [1.54, 1.807) is 31.5 Å². The maximum atomic E-state index is 11.9. The van der Waals surface area contributed by atoms with Crippen molar-refractivity contribution >= 4 is 23.2 Å². The third-order valence-electron chi connectivity index (χ3n) is 2.68. The average molecular weight is 289 g/mol. The zero-order valence-electron chi connectivity index (χ0n) is 11.0. The lowest BCUT2D eigenvalue weighted by Gasteiger charge is -2.13. The summed E-state index contributed by atoms with van der Waals surface area (Å²) in [5, 5.41) is 7.24. The first-order valence-corrected chi connectivity index (χ1v) is 7.06. The summed E-state index contributed by atoms with van der Waals surface area (Å²) in [7, 11) is 0. The first kappa shape index (κ1) is 14.2. The Kier molecular flexibility index (Phi) is 4.84. The third kappa shape index (κ3) is 3.89. The van der Waals surface area contributed by atoms with E-state index in [1.807, 2.05) is 17.5 Å². The van der Waals surface area contributed by atoms with Crippen molar-refractivity contribution in [1.82, 2.24) is 15.6 Å². The molecule has 0 aliphatic carbocycles. The van der Waals surface area contributed by atoms with Crippen LogP contribution in [-0.4, -0.2) is 22.8 Å². The number of carbonyl (C=O) groups excluding carboxylic acids is 2. The summed E-state index contributed by atoms with van der Waals surface area (Å²) < 4.78 is 0. The van der Waals surface area contributed by atoms with Crippen LogP contribution >= 0.6 is 11.3 Å². The van der Waals surface area contributed by atoms with Crippen LogP contribution in [0, 0.1) is 0 Å². The summed E-state index contributed by atoms with van der Waals surface area (Å²) in [5.74, 6) is -0.456. The number of thiophene rings is 1. The number of nitrogens with one attached hydrogen (secondary N) is 2. The molecule has 0 aliphatic rings. The van der Waals surface area contributed by atoms with Gasteiger partial charge in [-0.2, -0.15) is 0 Å². The number of pyridine rings is 1. The van der Waals surface area contributed by atoms with Crippen molar-refractivity contribution in [3.8, 4) is 0 Å². The second-order valence-electron chi connectivity index (χ2n) is 4.25. The van der Waals surface area contributed by atoms with E-state index in [0.717, 1.165) is 5.56 Å². The fourth-order valence-electron chi connectivity index (χ4n) is 1.59. The van der Waals surface area contributed by atoms with Crippen molar-refractivity contribution in [3.05, 3.63) is 52.5 Å². The fraction of sp³-hybridized carbons (Fsp3) is 0.214. The first-order valence-electron chi connectivity index (χ1n) is 6.18. The van der Waals surface area contributed by atoms with Crippen LogP contribution in [0.4, 0.5) is 0 Å². The van der Waals surface area contributed by atoms with Gasteiger partial charge in [-0.15, -0.1) is 11.3 Å². The van der Waals surface area contributed by atoms with Crippen molar-refractivity contribution in [2.75, 3.05) is 0 Å². The van der Waals surface area contributed by atoms with E-state index >= 15 is 0 Å². The molecule has 0 saturated heterocycles. The lowest BCUT2D eigenvalue weighted by molar-refractivity contribution is -0.122. The molecule has 5 nitrogen and oxygen atoms in total. The molecule has 0 saturated carbocycles. The van der Waals surface area contributed by atoms with Crippen molar-refractivity contribution in [1.29, 1.82) is 0 Å². The SMILES string of the molecule is C[C@H](NC(=O)c1cccs1)C(=O)NCc1cccnc1. The largest absolute Gasteiger partial charge is 0.350 e. The molecule has 0 radical (unpaired) electrons. The lowest BCUT2D eigenvalue weighted by atomic mass is 10.2. The van der Waals surface area contributed by atoms with E-state index in [1.165, 1.54) is 11.3 Å². The van der Waals surface area contributed by atoms with Gasteiger partial charge in [0.05, 0.1) is 4.88 Å². The maximum absolute atomic E-state index is 11.9. The smallest absolute Gasteiger partial charge is 0.261 e. The monoisotopic (exact) mass is 289 g/mol. The van der Waals surface area contributed by atoms with Crippen molar-refractivity contribution < 1.29 is 9.59 Å². The van der Waals surface area contributed by atoms with Crippen LogP contribution in [0.15, 0.2) is 42.0 Å². The van der Waals surface area contributed by atoms with Gasteiger partial charge in [0.15, 0.2) is 0 Å². The molecule has 2 N–H and O–H groups in total. The van der Waals surface area contributed by atoms with Crippen molar-refractivity contribution in [3.63, 3.8) is 0 Å². The quantitative estimate of drug-likeness (QED) is 0.878. The van der Waals surface area contributed by atoms with Crippen LogP contribution in [0.5, 0.6) is 0 Å². The summed E-state index contributed by atoms with van der Waals surface area (Å²) in [6, 6.07) is 6.62. The number of hydrogen-bond donors (Lipinski definition) is 2. The molecule has 2 rings (SSSR count). The van der Waals surface area contributed by atoms with Crippen LogP contribution in [0.1, 0.15) is 22.2 Å². The molecule has 0 spiro atoms. The predicted octanol–water partition coefficient (Wildman–Crippen LogP) is 1.58. The van der Waals surface area contributed by atoms with Crippen LogP contribution in [0.2, 0.25) is 0 Å². The van der Waals surface area contributed by atoms with Gasteiger partial charge in [-0.05, 0) is 30.0 Å². The molecular formula is C14H15N3O2S. The van der Waals surface area contributed by atoms with Crippen LogP contribution in [0.25, 0.3) is 0 Å². The van der Waals surface area contributed by atoms with Gasteiger partial charge in [0.1, 0.15) is 6.04 Å². The number of amides is 2. The van der Waals surface area contributed by atoms with Crippen LogP contribution in [-0.2, 0) is 11.3 Å². The third-order valence-corrected chi connectivity index (χ3v) is 3.54. The van der Waals surface area contributed by atoms with Crippen LogP contribution in [0.3, 0.4) is 0 Å². The van der Waals surface area contributed by atoms with Gasteiger partial charge >= 0.3 is 0 Å². The number of rotatable bonds is 5. The number of hydrogen-bond acceptors (Lipinski definition) is 4. The maximum Gasteiger partial charge on any atom is 0.261 e. The van der Waals surface area contributed by atoms with E-state index in [2.05, 4.69) is 15.6 Å². The highest BCUT2D eigenvalue weighted by Gasteiger charge is 2.16. The van der Waals surface area contributed by atoms with E-state index in [9.17, 15) is 9.59 Å². The Labute approximate surface area is 121 Å². The van der Waals surface area contributed by atoms with Gasteiger partial charge < -0.3 is 10.6 Å². The van der Waals surface area contributed by atoms with Crippen LogP contribution < -0.4 is 10.6 Å². The molecule has 2 heterocycles. The van der Waals surface area contributed by atoms with E-state index in [4.69, 9.17) is 0 Å². The Morgan fingerprint density at radius 3 is 2.85 bits per heavy atom. The number of nitrogens with zero attached hydrogens (tertiary/aromatic N) is 1. The molecule has 1 atom stereocenters. The summed E-state index contributed by atoms with van der Waals surface area (Å²) >= 11 is 1.34. The van der Waals surface area contributed by atoms with E-state index in [0.29, 0.717) is 11.4 Å². The highest BCUT2D eigenvalue weighted by Crippen LogP contribution is 2.08. The fourth-order valence-corrected chi connectivity index (χ4v) is 2.21. The Balaban J connectivity index is 1.82. The standard InChI is InChI=1S/C14H15N3O2S/c1-10(17-14(19)12-5-3-7-20-12)13(18)16-9-11-4-2-6-15-8-11/h2-8,10H,9H2,1H3,(H,16,18)(H,17,19)/t10-/m0/s1. The first-order chi connectivity index (χ1) is 9.66. The molecule has 20 heavy (non-hydrogen) atoms. The van der Waals surface area contributed by atoms with Gasteiger partial charge in [-0.25, -0.2) is 0 Å². The molecule has 0 unspecified atom stereocenters. The zero-order chi connectivity index (χ0) is 14.4. The van der Waals surface area contributed by atoms with Crippen molar-refractivity contribution in [2.24, 2.45) is 0 Å². The molecule has 6 heteroatoms. The van der Waals surface area contributed by atoms with E-state index < -0.39 is 6.04 Å². The summed E-state index contributed by atoms with van der Waals surface area (Å²) in [4.78, 5) is 28.2. The average Bonchev–Trinajstić information content (AvgIpc) is 3.00. The van der Waals surface area contributed by atoms with Gasteiger partial charge in [-0.3, -0.25) is 14.6 Å². The Morgan fingerprint density at radius 1 is 1.35 bits per heavy atom. The summed E-state index contributed by atoms with van der Waals surface area (Å²) in [6.45, 7) is 2.05. The summed E-state index contributed by atoms with van der Waals surface area (Å²) in [6.07, 6.45) is 3.37. The Morgan fingerprint density at radius 2 is 2.20 bits per heavy atom. The zero-order valence-corrected chi connectivity index (χ0v) is 11.8. The highest BCUT2D eigenvalue weighted by molar-refractivity contribution is 7.12. The van der Waals surface area contributed by atoms with Gasteiger partial charge in [0.25, 0.3) is 5.91 Å². The molecule has 2 amide bonds. The molecule has 0 aromatic carbocycles. The molecule has 0 bridgehead atoms. The molecule has 2 aromatic heterocycles. The minimum absolute atomic E-state index is 0.223. The number of aromatic nitrogens is 1. The minimum atomic E-state index is -0.582. The lowest BCUT2D eigenvalue weighted by Crippen LogP contribution is -2.44. The predicted molar refractivity (Wildman–Crippen MR) is 77.3 cm³/mol. The summed E-state index contributed by atoms with van der Waals surface area (Å²) in [5.41, 5.74) is 0.914. The normalized spacial score (nSPS) is 11.7. The molecule has 0 fully saturated rings. The molecule has 2 aromatic rings. The Bertz CT molecular complexity index is 569. The van der Waals surface area contributed by atoms with Gasteiger partial charge in [0.2, 0.25) is 5.91 Å². The highest BCUT2D eigenvalue weighted by atomic mass is 32.1. The van der Waals surface area contributed by atoms with E-state index in [-0.39, 0.29) is 11.8 Å². The molecular weight excluding hydrogens is 274 g/mol. The second-order valence-corrected chi connectivity index (χ2v) is 5.20. The van der Waals surface area contributed by atoms with Gasteiger partial charge in [0, 0.05) is 18.9 Å². The Hall–Kier alpha value is -2.21. The van der Waals surface area contributed by atoms with Crippen molar-refractivity contribution in [2.45, 2.75) is 19.5 Å². The minimum Gasteiger partial charge on any atom is -0.350 e.